The molecule has 0 saturated carbocycles. The van der Waals surface area contributed by atoms with Crippen molar-refractivity contribution in [2.45, 2.75) is 13.0 Å². The number of benzene rings is 2. The number of anilines is 1. The SMILES string of the molecule is CC(C(=O)Nc1ccccc1Cl)N(C)CCOc1ccccc1F. The molecule has 1 unspecified atom stereocenters. The predicted octanol–water partition coefficient (Wildman–Crippen LogP) is 3.82. The Balaban J connectivity index is 1.83. The highest BCUT2D eigenvalue weighted by molar-refractivity contribution is 6.33. The van der Waals surface area contributed by atoms with Gasteiger partial charge in [0.2, 0.25) is 5.91 Å². The van der Waals surface area contributed by atoms with Gasteiger partial charge in [-0.25, -0.2) is 4.39 Å². The summed E-state index contributed by atoms with van der Waals surface area (Å²) < 4.78 is 18.9. The number of nitrogens with one attached hydrogen (secondary N) is 1. The number of likely N-dealkylation sites (N-methyl/N-ethyl adjacent to an activating group) is 1. The molecule has 0 bridgehead atoms. The van der Waals surface area contributed by atoms with Gasteiger partial charge in [-0.2, -0.15) is 0 Å². The third kappa shape index (κ3) is 4.94. The van der Waals surface area contributed by atoms with Crippen LogP contribution in [-0.2, 0) is 4.79 Å². The number of amides is 1. The average molecular weight is 351 g/mol. The highest BCUT2D eigenvalue weighted by atomic mass is 35.5. The Morgan fingerprint density at radius 1 is 1.25 bits per heavy atom. The first-order valence-corrected chi connectivity index (χ1v) is 8.00. The van der Waals surface area contributed by atoms with Gasteiger partial charge >= 0.3 is 0 Å². The molecule has 0 aromatic heterocycles. The van der Waals surface area contributed by atoms with E-state index in [-0.39, 0.29) is 24.3 Å². The zero-order chi connectivity index (χ0) is 17.5. The standard InChI is InChI=1S/C18H20ClFN2O2/c1-13(18(23)21-16-9-5-3-7-14(16)19)22(2)11-12-24-17-10-6-4-8-15(17)20/h3-10,13H,11-12H2,1-2H3,(H,21,23). The minimum atomic E-state index is -0.398. The molecular formula is C18H20ClFN2O2. The van der Waals surface area contributed by atoms with Gasteiger partial charge in [0.15, 0.2) is 11.6 Å². The molecule has 6 heteroatoms. The second kappa shape index (κ2) is 8.66. The van der Waals surface area contributed by atoms with Gasteiger partial charge in [-0.15, -0.1) is 0 Å². The number of carbonyl (C=O) groups excluding carboxylic acids is 1. The van der Waals surface area contributed by atoms with Crippen LogP contribution in [0.1, 0.15) is 6.92 Å². The first-order valence-electron chi connectivity index (χ1n) is 7.62. The summed E-state index contributed by atoms with van der Waals surface area (Å²) in [4.78, 5) is 14.1. The van der Waals surface area contributed by atoms with Crippen molar-refractivity contribution in [3.8, 4) is 5.75 Å². The molecule has 2 aromatic rings. The van der Waals surface area contributed by atoms with E-state index in [9.17, 15) is 9.18 Å². The van der Waals surface area contributed by atoms with E-state index in [0.717, 1.165) is 0 Å². The third-order valence-electron chi connectivity index (χ3n) is 3.71. The molecule has 2 rings (SSSR count). The van der Waals surface area contributed by atoms with E-state index in [1.165, 1.54) is 6.07 Å². The topological polar surface area (TPSA) is 41.6 Å². The molecule has 4 nitrogen and oxygen atoms in total. The second-order valence-corrected chi connectivity index (χ2v) is 5.81. The minimum Gasteiger partial charge on any atom is -0.489 e. The second-order valence-electron chi connectivity index (χ2n) is 5.40. The molecule has 2 aromatic carbocycles. The predicted molar refractivity (Wildman–Crippen MR) is 94.1 cm³/mol. The Bertz CT molecular complexity index is 696. The van der Waals surface area contributed by atoms with Gasteiger partial charge < -0.3 is 10.1 Å². The van der Waals surface area contributed by atoms with Gasteiger partial charge in [0, 0.05) is 6.54 Å². The zero-order valence-electron chi connectivity index (χ0n) is 13.6. The molecule has 1 N–H and O–H groups in total. The highest BCUT2D eigenvalue weighted by Gasteiger charge is 2.18. The Morgan fingerprint density at radius 3 is 2.62 bits per heavy atom. The molecule has 128 valence electrons. The van der Waals surface area contributed by atoms with Crippen LogP contribution in [0, 0.1) is 5.82 Å². The summed E-state index contributed by atoms with van der Waals surface area (Å²) in [5.41, 5.74) is 0.576. The zero-order valence-corrected chi connectivity index (χ0v) is 14.4. The third-order valence-corrected chi connectivity index (χ3v) is 4.04. The van der Waals surface area contributed by atoms with Crippen molar-refractivity contribution < 1.29 is 13.9 Å². The van der Waals surface area contributed by atoms with E-state index in [1.807, 2.05) is 11.9 Å². The number of para-hydroxylation sites is 2. The first-order chi connectivity index (χ1) is 11.5. The Labute approximate surface area is 146 Å². The number of halogens is 2. The number of ether oxygens (including phenoxy) is 1. The van der Waals surface area contributed by atoms with Crippen LogP contribution in [0.4, 0.5) is 10.1 Å². The minimum absolute atomic E-state index is 0.170. The fraction of sp³-hybridized carbons (Fsp3) is 0.278. The quantitative estimate of drug-likeness (QED) is 0.825. The first kappa shape index (κ1) is 18.2. The van der Waals surface area contributed by atoms with Gasteiger partial charge in [-0.1, -0.05) is 35.9 Å². The highest BCUT2D eigenvalue weighted by Crippen LogP contribution is 2.21. The molecule has 0 heterocycles. The molecular weight excluding hydrogens is 331 g/mol. The lowest BCUT2D eigenvalue weighted by atomic mass is 10.2. The van der Waals surface area contributed by atoms with E-state index in [0.29, 0.717) is 17.3 Å². The average Bonchev–Trinajstić information content (AvgIpc) is 2.57. The van der Waals surface area contributed by atoms with Crippen molar-refractivity contribution in [1.29, 1.82) is 0 Å². The van der Waals surface area contributed by atoms with Crippen molar-refractivity contribution in [2.24, 2.45) is 0 Å². The van der Waals surface area contributed by atoms with E-state index in [4.69, 9.17) is 16.3 Å². The monoisotopic (exact) mass is 350 g/mol. The fourth-order valence-electron chi connectivity index (χ4n) is 2.05. The molecule has 1 amide bonds. The lowest BCUT2D eigenvalue weighted by molar-refractivity contribution is -0.120. The van der Waals surface area contributed by atoms with Crippen molar-refractivity contribution in [3.63, 3.8) is 0 Å². The molecule has 0 aliphatic carbocycles. The molecule has 0 aliphatic heterocycles. The number of hydrogen-bond acceptors (Lipinski definition) is 3. The van der Waals surface area contributed by atoms with Crippen LogP contribution in [0.2, 0.25) is 5.02 Å². The summed E-state index contributed by atoms with van der Waals surface area (Å²) in [5.74, 6) is -0.361. The van der Waals surface area contributed by atoms with Crippen molar-refractivity contribution in [2.75, 3.05) is 25.5 Å². The largest absolute Gasteiger partial charge is 0.489 e. The van der Waals surface area contributed by atoms with Gasteiger partial charge in [0.25, 0.3) is 0 Å². The van der Waals surface area contributed by atoms with Gasteiger partial charge in [-0.3, -0.25) is 9.69 Å². The lowest BCUT2D eigenvalue weighted by Gasteiger charge is -2.24. The van der Waals surface area contributed by atoms with Crippen LogP contribution in [-0.4, -0.2) is 37.0 Å². The Hall–Kier alpha value is -2.11. The normalized spacial score (nSPS) is 12.0. The van der Waals surface area contributed by atoms with Crippen molar-refractivity contribution in [1.82, 2.24) is 4.90 Å². The van der Waals surface area contributed by atoms with Gasteiger partial charge in [-0.05, 0) is 38.2 Å². The Kier molecular flexibility index (Phi) is 6.58. The van der Waals surface area contributed by atoms with Gasteiger partial charge in [0.1, 0.15) is 6.61 Å². The lowest BCUT2D eigenvalue weighted by Crippen LogP contribution is -2.41. The number of rotatable bonds is 7. The maximum atomic E-state index is 13.5. The molecule has 0 aliphatic rings. The summed E-state index contributed by atoms with van der Waals surface area (Å²) in [7, 11) is 1.81. The van der Waals surface area contributed by atoms with Crippen LogP contribution in [0.25, 0.3) is 0 Å². The fourth-order valence-corrected chi connectivity index (χ4v) is 2.24. The van der Waals surface area contributed by atoms with Gasteiger partial charge in [0.05, 0.1) is 16.8 Å². The van der Waals surface area contributed by atoms with E-state index >= 15 is 0 Å². The summed E-state index contributed by atoms with van der Waals surface area (Å²) in [6.45, 7) is 2.54. The molecule has 0 saturated heterocycles. The molecule has 0 spiro atoms. The number of nitrogens with zero attached hydrogens (tertiary/aromatic N) is 1. The van der Waals surface area contributed by atoms with Crippen LogP contribution < -0.4 is 10.1 Å². The Morgan fingerprint density at radius 2 is 1.92 bits per heavy atom. The maximum Gasteiger partial charge on any atom is 0.241 e. The number of hydrogen-bond donors (Lipinski definition) is 1. The molecule has 0 fully saturated rings. The van der Waals surface area contributed by atoms with Crippen LogP contribution >= 0.6 is 11.6 Å². The van der Waals surface area contributed by atoms with Crippen LogP contribution in [0.15, 0.2) is 48.5 Å². The maximum absolute atomic E-state index is 13.5. The van der Waals surface area contributed by atoms with Crippen LogP contribution in [0.3, 0.4) is 0 Å². The summed E-state index contributed by atoms with van der Waals surface area (Å²) in [6, 6.07) is 12.9. The molecule has 1 atom stereocenters. The van der Waals surface area contributed by atoms with Crippen LogP contribution in [0.5, 0.6) is 5.75 Å². The summed E-state index contributed by atoms with van der Waals surface area (Å²) in [5, 5.41) is 3.28. The molecule has 0 radical (unpaired) electrons. The van der Waals surface area contributed by atoms with Crippen molar-refractivity contribution >= 4 is 23.2 Å². The summed E-state index contributed by atoms with van der Waals surface area (Å²) >= 11 is 6.03. The van der Waals surface area contributed by atoms with Crippen molar-refractivity contribution in [3.05, 3.63) is 59.4 Å². The van der Waals surface area contributed by atoms with E-state index in [2.05, 4.69) is 5.32 Å². The molecule has 24 heavy (non-hydrogen) atoms. The van der Waals surface area contributed by atoms with E-state index in [1.54, 1.807) is 49.4 Å². The smallest absolute Gasteiger partial charge is 0.241 e. The summed E-state index contributed by atoms with van der Waals surface area (Å²) in [6.07, 6.45) is 0. The number of carbonyl (C=O) groups is 1. The van der Waals surface area contributed by atoms with E-state index < -0.39 is 5.82 Å².